The molecule has 0 aliphatic carbocycles. The van der Waals surface area contributed by atoms with Gasteiger partial charge in [-0.15, -0.1) is 11.3 Å². The van der Waals surface area contributed by atoms with E-state index in [2.05, 4.69) is 39.8 Å². The minimum atomic E-state index is 0.243. The normalized spacial score (nSPS) is 13.2. The first kappa shape index (κ1) is 18.9. The predicted octanol–water partition coefficient (Wildman–Crippen LogP) is 2.35. The summed E-state index contributed by atoms with van der Waals surface area (Å²) in [5.74, 6) is 1.32. The zero-order valence-electron chi connectivity index (χ0n) is 14.1. The van der Waals surface area contributed by atoms with Gasteiger partial charge < -0.3 is 15.7 Å². The molecule has 22 heavy (non-hydrogen) atoms. The maximum Gasteiger partial charge on any atom is 0.191 e. The average Bonchev–Trinajstić information content (AvgIpc) is 2.90. The van der Waals surface area contributed by atoms with Gasteiger partial charge in [0.25, 0.3) is 0 Å². The predicted molar refractivity (Wildman–Crippen MR) is 94.6 cm³/mol. The number of aliphatic hydroxyl groups excluding tert-OH is 1. The van der Waals surface area contributed by atoms with E-state index in [-0.39, 0.29) is 6.61 Å². The third-order valence-electron chi connectivity index (χ3n) is 3.43. The topological polar surface area (TPSA) is 69.5 Å². The fourth-order valence-corrected chi connectivity index (χ4v) is 2.96. The maximum atomic E-state index is 9.12. The van der Waals surface area contributed by atoms with Crippen LogP contribution in [0.2, 0.25) is 0 Å². The molecule has 0 fully saturated rings. The summed E-state index contributed by atoms with van der Waals surface area (Å²) in [6, 6.07) is 0. The summed E-state index contributed by atoms with van der Waals surface area (Å²) in [5, 5.41) is 19.0. The van der Waals surface area contributed by atoms with Crippen LogP contribution < -0.4 is 10.6 Å². The third-order valence-corrected chi connectivity index (χ3v) is 4.25. The largest absolute Gasteiger partial charge is 0.396 e. The first-order chi connectivity index (χ1) is 10.7. The monoisotopic (exact) mass is 326 g/mol. The van der Waals surface area contributed by atoms with Crippen molar-refractivity contribution in [1.29, 1.82) is 0 Å². The second-order valence-corrected chi connectivity index (χ2v) is 6.48. The first-order valence-corrected chi connectivity index (χ1v) is 9.11. The number of guanidine groups is 1. The molecule has 1 rings (SSSR count). The van der Waals surface area contributed by atoms with Gasteiger partial charge in [-0.1, -0.05) is 13.3 Å². The Balaban J connectivity index is 2.43. The number of rotatable bonds is 10. The molecule has 0 saturated heterocycles. The zero-order chi connectivity index (χ0) is 16.2. The van der Waals surface area contributed by atoms with Gasteiger partial charge in [-0.05, 0) is 32.6 Å². The van der Waals surface area contributed by atoms with Gasteiger partial charge in [0.05, 0.1) is 10.7 Å². The van der Waals surface area contributed by atoms with Crippen LogP contribution in [-0.4, -0.2) is 42.3 Å². The molecular weight excluding hydrogens is 296 g/mol. The van der Waals surface area contributed by atoms with Gasteiger partial charge in [-0.25, -0.2) is 4.98 Å². The highest BCUT2D eigenvalue weighted by atomic mass is 32.1. The molecule has 0 spiro atoms. The van der Waals surface area contributed by atoms with Crippen LogP contribution in [0.1, 0.15) is 43.8 Å². The standard InChI is InChI=1S/C16H30N4OS/c1-4-6-14(8-10-21)11-19-16(17-5-2)18-9-7-15-12-22-13(3)20-15/h12,14,21H,4-11H2,1-3H3,(H2,17,18,19). The van der Waals surface area contributed by atoms with E-state index in [4.69, 9.17) is 5.11 Å². The minimum Gasteiger partial charge on any atom is -0.396 e. The van der Waals surface area contributed by atoms with Crippen molar-refractivity contribution in [2.24, 2.45) is 10.9 Å². The number of nitrogens with one attached hydrogen (secondary N) is 2. The van der Waals surface area contributed by atoms with Crippen LogP contribution in [0.4, 0.5) is 0 Å². The molecule has 0 saturated carbocycles. The number of aliphatic imine (C=N–C) groups is 1. The number of nitrogens with zero attached hydrogens (tertiary/aromatic N) is 2. The Bertz CT molecular complexity index is 428. The summed E-state index contributed by atoms with van der Waals surface area (Å²) in [4.78, 5) is 9.12. The minimum absolute atomic E-state index is 0.243. The molecule has 126 valence electrons. The van der Waals surface area contributed by atoms with Crippen LogP contribution in [0, 0.1) is 12.8 Å². The molecule has 6 heteroatoms. The molecular formula is C16H30N4OS. The molecule has 0 aliphatic rings. The molecule has 0 bridgehead atoms. The lowest BCUT2D eigenvalue weighted by atomic mass is 10.0. The second-order valence-electron chi connectivity index (χ2n) is 5.42. The van der Waals surface area contributed by atoms with Crippen LogP contribution >= 0.6 is 11.3 Å². The first-order valence-electron chi connectivity index (χ1n) is 8.23. The molecule has 0 aromatic carbocycles. The lowest BCUT2D eigenvalue weighted by Gasteiger charge is -2.15. The average molecular weight is 327 g/mol. The maximum absolute atomic E-state index is 9.12. The number of aliphatic hydroxyl groups is 1. The smallest absolute Gasteiger partial charge is 0.191 e. The Morgan fingerprint density at radius 2 is 2.18 bits per heavy atom. The van der Waals surface area contributed by atoms with Crippen LogP contribution in [0.5, 0.6) is 0 Å². The number of thiazole rings is 1. The van der Waals surface area contributed by atoms with Crippen molar-refractivity contribution < 1.29 is 5.11 Å². The summed E-state index contributed by atoms with van der Waals surface area (Å²) < 4.78 is 0. The molecule has 0 amide bonds. The fourth-order valence-electron chi connectivity index (χ4n) is 2.31. The quantitative estimate of drug-likeness (QED) is 0.456. The lowest BCUT2D eigenvalue weighted by Crippen LogP contribution is -2.38. The van der Waals surface area contributed by atoms with Crippen molar-refractivity contribution in [2.75, 3.05) is 26.2 Å². The molecule has 1 aromatic heterocycles. The van der Waals surface area contributed by atoms with Crippen molar-refractivity contribution in [1.82, 2.24) is 15.6 Å². The van der Waals surface area contributed by atoms with Gasteiger partial charge in [0.2, 0.25) is 0 Å². The summed E-state index contributed by atoms with van der Waals surface area (Å²) in [5.41, 5.74) is 1.13. The molecule has 0 aliphatic heterocycles. The summed E-state index contributed by atoms with van der Waals surface area (Å²) >= 11 is 1.69. The molecule has 1 atom stereocenters. The highest BCUT2D eigenvalue weighted by Gasteiger charge is 2.07. The van der Waals surface area contributed by atoms with Gasteiger partial charge in [0.1, 0.15) is 0 Å². The van der Waals surface area contributed by atoms with E-state index in [0.29, 0.717) is 5.92 Å². The third kappa shape index (κ3) is 7.75. The van der Waals surface area contributed by atoms with Crippen molar-refractivity contribution in [3.05, 3.63) is 16.1 Å². The molecule has 0 radical (unpaired) electrons. The fraction of sp³-hybridized carbons (Fsp3) is 0.750. The molecule has 1 heterocycles. The Kier molecular flexibility index (Phi) is 9.82. The zero-order valence-corrected chi connectivity index (χ0v) is 14.9. The van der Waals surface area contributed by atoms with Crippen molar-refractivity contribution in [2.45, 2.75) is 46.5 Å². The van der Waals surface area contributed by atoms with Crippen LogP contribution in [0.25, 0.3) is 0 Å². The summed E-state index contributed by atoms with van der Waals surface area (Å²) in [7, 11) is 0. The van der Waals surface area contributed by atoms with Gasteiger partial charge >= 0.3 is 0 Å². The van der Waals surface area contributed by atoms with Gasteiger partial charge in [0, 0.05) is 38.0 Å². The number of aryl methyl sites for hydroxylation is 1. The lowest BCUT2D eigenvalue weighted by molar-refractivity contribution is 0.253. The molecule has 1 unspecified atom stereocenters. The van der Waals surface area contributed by atoms with E-state index < -0.39 is 0 Å². The van der Waals surface area contributed by atoms with Crippen LogP contribution in [0.15, 0.2) is 10.4 Å². The van der Waals surface area contributed by atoms with Crippen molar-refractivity contribution >= 4 is 17.3 Å². The van der Waals surface area contributed by atoms with E-state index in [1.54, 1.807) is 11.3 Å². The van der Waals surface area contributed by atoms with E-state index in [1.165, 1.54) is 0 Å². The van der Waals surface area contributed by atoms with Crippen LogP contribution in [0.3, 0.4) is 0 Å². The summed E-state index contributed by atoms with van der Waals surface area (Å²) in [6.07, 6.45) is 3.98. The van der Waals surface area contributed by atoms with Gasteiger partial charge in [-0.3, -0.25) is 4.99 Å². The molecule has 3 N–H and O–H groups in total. The number of aromatic nitrogens is 1. The van der Waals surface area contributed by atoms with Crippen LogP contribution in [-0.2, 0) is 6.42 Å². The molecule has 1 aromatic rings. The summed E-state index contributed by atoms with van der Waals surface area (Å²) in [6.45, 7) is 8.95. The van der Waals surface area contributed by atoms with Crippen molar-refractivity contribution in [3.63, 3.8) is 0 Å². The van der Waals surface area contributed by atoms with Crippen molar-refractivity contribution in [3.8, 4) is 0 Å². The highest BCUT2D eigenvalue weighted by Crippen LogP contribution is 2.11. The molecule has 5 nitrogen and oxygen atoms in total. The Labute approximate surface area is 138 Å². The number of hydrogen-bond donors (Lipinski definition) is 3. The highest BCUT2D eigenvalue weighted by molar-refractivity contribution is 7.09. The Morgan fingerprint density at radius 3 is 2.77 bits per heavy atom. The number of hydrogen-bond acceptors (Lipinski definition) is 4. The Morgan fingerprint density at radius 1 is 1.36 bits per heavy atom. The van der Waals surface area contributed by atoms with Gasteiger partial charge in [0.15, 0.2) is 5.96 Å². The van der Waals surface area contributed by atoms with E-state index in [1.807, 2.05) is 6.92 Å². The Hall–Kier alpha value is -1.14. The van der Waals surface area contributed by atoms with E-state index >= 15 is 0 Å². The van der Waals surface area contributed by atoms with E-state index in [0.717, 1.165) is 62.0 Å². The van der Waals surface area contributed by atoms with E-state index in [9.17, 15) is 0 Å². The second kappa shape index (κ2) is 11.4. The van der Waals surface area contributed by atoms with Gasteiger partial charge in [-0.2, -0.15) is 0 Å². The SMILES string of the molecule is CCCC(CCO)CN=C(NCC)NCCc1csc(C)n1.